The molecule has 0 saturated carbocycles. The van der Waals surface area contributed by atoms with Crippen molar-refractivity contribution in [3.63, 3.8) is 0 Å². The lowest BCUT2D eigenvalue weighted by molar-refractivity contribution is 0.457. The number of thiol groups is 1. The molecule has 1 aliphatic rings. The Hall–Kier alpha value is -1.25. The molecule has 3 rings (SSSR count). The quantitative estimate of drug-likeness (QED) is 0.594. The van der Waals surface area contributed by atoms with Gasteiger partial charge in [0.2, 0.25) is 0 Å². The Morgan fingerprint density at radius 1 is 0.941 bits per heavy atom. The van der Waals surface area contributed by atoms with Gasteiger partial charge in [0.1, 0.15) is 11.5 Å². The first-order valence-electron chi connectivity index (χ1n) is 5.40. The second-order valence-corrected chi connectivity index (χ2v) is 4.98. The van der Waals surface area contributed by atoms with E-state index in [1.165, 1.54) is 11.1 Å². The van der Waals surface area contributed by atoms with E-state index in [0.717, 1.165) is 22.1 Å². The third-order valence-corrected chi connectivity index (χ3v) is 3.68. The van der Waals surface area contributed by atoms with Crippen molar-refractivity contribution < 1.29 is 4.74 Å². The summed E-state index contributed by atoms with van der Waals surface area (Å²) in [7, 11) is 6.61. The Balaban J connectivity index is 2.20. The van der Waals surface area contributed by atoms with Crippen LogP contribution in [0.4, 0.5) is 0 Å². The lowest BCUT2D eigenvalue weighted by Crippen LogP contribution is -2.10. The predicted molar refractivity (Wildman–Crippen MR) is 75.7 cm³/mol. The molecule has 2 aromatic rings. The van der Waals surface area contributed by atoms with Crippen LogP contribution in [0.25, 0.3) is 0 Å². The molecule has 3 heteroatoms. The van der Waals surface area contributed by atoms with Crippen molar-refractivity contribution in [1.82, 2.24) is 0 Å². The number of fused-ring (bicyclic) bond motifs is 2. The van der Waals surface area contributed by atoms with Gasteiger partial charge < -0.3 is 4.74 Å². The number of benzene rings is 2. The molecule has 0 N–H and O–H groups in total. The van der Waals surface area contributed by atoms with Crippen LogP contribution in [0.3, 0.4) is 0 Å². The number of ether oxygens (including phenoxy) is 1. The first-order chi connectivity index (χ1) is 8.40. The lowest BCUT2D eigenvalue weighted by atomic mass is 9.90. The number of halogens is 1. The highest BCUT2D eigenvalue weighted by atomic mass is 35.7. The Labute approximate surface area is 108 Å². The molecule has 86 valence electrons. The molecule has 17 heavy (non-hydrogen) atoms. The number of hydrogen-bond donors (Lipinski definition) is 1. The maximum absolute atomic E-state index is 5.89. The Bertz CT molecular complexity index is 534. The van der Waals surface area contributed by atoms with Gasteiger partial charge in [-0.2, -0.15) is 0 Å². The fraction of sp³-hybridized carbons (Fsp3) is 0.0714. The van der Waals surface area contributed by atoms with E-state index in [0.29, 0.717) is 0 Å². The molecule has 0 aliphatic carbocycles. The van der Waals surface area contributed by atoms with E-state index >= 15 is 0 Å². The third-order valence-electron chi connectivity index (χ3n) is 2.93. The van der Waals surface area contributed by atoms with E-state index in [2.05, 4.69) is 17.5 Å². The predicted octanol–water partition coefficient (Wildman–Crippen LogP) is 4.35. The molecule has 0 bridgehead atoms. The standard InChI is InChI=1S/C14H11ClOS/c15-17-9-12-10-5-1-3-7-13(10)16-14-8-4-2-6-11(12)14/h1-9,12,17H. The lowest BCUT2D eigenvalue weighted by Gasteiger charge is -2.25. The fourth-order valence-electron chi connectivity index (χ4n) is 2.16. The van der Waals surface area contributed by atoms with Crippen LogP contribution in [0.2, 0.25) is 0 Å². The zero-order valence-corrected chi connectivity index (χ0v) is 10.7. The first kappa shape index (κ1) is 10.9. The van der Waals surface area contributed by atoms with Crippen LogP contribution in [0.1, 0.15) is 17.0 Å². The van der Waals surface area contributed by atoms with Crippen LogP contribution < -0.4 is 4.74 Å². The molecule has 0 unspecified atom stereocenters. The highest BCUT2D eigenvalue weighted by Crippen LogP contribution is 2.43. The summed E-state index contributed by atoms with van der Waals surface area (Å²) >= 11 is 0. The topological polar surface area (TPSA) is 9.23 Å². The molecule has 1 nitrogen and oxygen atoms in total. The Morgan fingerprint density at radius 3 is 2.00 bits per heavy atom. The summed E-state index contributed by atoms with van der Waals surface area (Å²) in [5, 5.41) is 2.09. The van der Waals surface area contributed by atoms with Crippen LogP contribution in [0.15, 0.2) is 48.5 Å². The zero-order valence-electron chi connectivity index (χ0n) is 9.01. The van der Waals surface area contributed by atoms with E-state index in [4.69, 9.17) is 15.4 Å². The van der Waals surface area contributed by atoms with Crippen molar-refractivity contribution >= 4 is 26.6 Å². The second-order valence-electron chi connectivity index (χ2n) is 3.90. The summed E-state index contributed by atoms with van der Waals surface area (Å²) < 4.78 is 5.89. The molecule has 0 amide bonds. The Morgan fingerprint density at radius 2 is 1.47 bits per heavy atom. The molecule has 0 spiro atoms. The van der Waals surface area contributed by atoms with Crippen LogP contribution >= 0.6 is 21.2 Å². The minimum Gasteiger partial charge on any atom is -0.457 e. The monoisotopic (exact) mass is 262 g/mol. The van der Waals surface area contributed by atoms with E-state index in [1.807, 2.05) is 36.4 Å². The molecule has 0 aromatic heterocycles. The summed E-state index contributed by atoms with van der Waals surface area (Å²) in [5.41, 5.74) is 2.36. The number of rotatable bonds is 1. The van der Waals surface area contributed by atoms with Gasteiger partial charge in [-0.1, -0.05) is 47.1 Å². The number of para-hydroxylation sites is 2. The van der Waals surface area contributed by atoms with E-state index < -0.39 is 0 Å². The highest BCUT2D eigenvalue weighted by molar-refractivity contribution is 8.19. The average molecular weight is 263 g/mol. The van der Waals surface area contributed by atoms with Crippen LogP contribution in [-0.2, 0) is 0 Å². The summed E-state index contributed by atoms with van der Waals surface area (Å²) in [5.74, 6) is 2.07. The normalized spacial score (nSPS) is 14.6. The Kier molecular flexibility index (Phi) is 2.91. The molecule has 1 heterocycles. The van der Waals surface area contributed by atoms with Gasteiger partial charge in [0, 0.05) is 17.0 Å². The van der Waals surface area contributed by atoms with Gasteiger partial charge in [-0.15, -0.1) is 10.6 Å². The first-order valence-corrected chi connectivity index (χ1v) is 7.27. The van der Waals surface area contributed by atoms with E-state index in [-0.39, 0.29) is 5.92 Å². The molecule has 0 saturated heterocycles. The van der Waals surface area contributed by atoms with Crippen LogP contribution in [-0.4, -0.2) is 5.37 Å². The van der Waals surface area contributed by atoms with Crippen molar-refractivity contribution in [2.24, 2.45) is 0 Å². The van der Waals surface area contributed by atoms with Gasteiger partial charge in [0.25, 0.3) is 0 Å². The van der Waals surface area contributed by atoms with Gasteiger partial charge >= 0.3 is 0 Å². The largest absolute Gasteiger partial charge is 0.457 e. The highest BCUT2D eigenvalue weighted by Gasteiger charge is 2.24. The van der Waals surface area contributed by atoms with Gasteiger partial charge in [0.15, 0.2) is 0 Å². The van der Waals surface area contributed by atoms with Crippen molar-refractivity contribution in [2.45, 2.75) is 5.92 Å². The molecular formula is C14H11ClOS. The number of hydrogen-bond acceptors (Lipinski definition) is 1. The van der Waals surface area contributed by atoms with Crippen LogP contribution in [0, 0.1) is 0 Å². The third kappa shape index (κ3) is 1.88. The van der Waals surface area contributed by atoms with Gasteiger partial charge in [-0.05, 0) is 17.5 Å². The molecule has 0 atom stereocenters. The summed E-state index contributed by atoms with van der Waals surface area (Å²) in [6, 6.07) is 16.2. The van der Waals surface area contributed by atoms with Gasteiger partial charge in [0.05, 0.1) is 0 Å². The van der Waals surface area contributed by atoms with Crippen molar-refractivity contribution in [3.8, 4) is 11.5 Å². The van der Waals surface area contributed by atoms with E-state index in [9.17, 15) is 0 Å². The van der Waals surface area contributed by atoms with Crippen LogP contribution in [0.5, 0.6) is 11.5 Å². The van der Waals surface area contributed by atoms with E-state index in [1.54, 1.807) is 0 Å². The summed E-state index contributed by atoms with van der Waals surface area (Å²) in [4.78, 5) is 0. The SMILES string of the molecule is Cl[SH]=CC1c2ccccc2Oc2ccccc21. The second kappa shape index (κ2) is 4.55. The van der Waals surface area contributed by atoms with Crippen molar-refractivity contribution in [2.75, 3.05) is 0 Å². The average Bonchev–Trinajstić information content (AvgIpc) is 2.39. The van der Waals surface area contributed by atoms with Crippen molar-refractivity contribution in [1.29, 1.82) is 0 Å². The maximum Gasteiger partial charge on any atom is 0.131 e. The molecule has 0 fully saturated rings. The molecular weight excluding hydrogens is 252 g/mol. The molecule has 1 aliphatic heterocycles. The minimum atomic E-state index is 0.218. The smallest absolute Gasteiger partial charge is 0.131 e. The molecule has 0 radical (unpaired) electrons. The maximum atomic E-state index is 5.89. The fourth-order valence-corrected chi connectivity index (χ4v) is 2.94. The van der Waals surface area contributed by atoms with Crippen molar-refractivity contribution in [3.05, 3.63) is 59.7 Å². The van der Waals surface area contributed by atoms with Gasteiger partial charge in [-0.25, -0.2) is 0 Å². The molecule has 2 aromatic carbocycles. The summed E-state index contributed by atoms with van der Waals surface area (Å²) in [6.07, 6.45) is 0. The minimum absolute atomic E-state index is 0.218. The van der Waals surface area contributed by atoms with Gasteiger partial charge in [-0.3, -0.25) is 0 Å². The zero-order chi connectivity index (χ0) is 11.7. The summed E-state index contributed by atoms with van der Waals surface area (Å²) in [6.45, 7) is 0.